The molecule has 100 valence electrons. The lowest BCUT2D eigenvalue weighted by Gasteiger charge is -2.20. The van der Waals surface area contributed by atoms with Gasteiger partial charge in [-0.25, -0.2) is 4.39 Å². The highest BCUT2D eigenvalue weighted by molar-refractivity contribution is 5.53. The maximum absolute atomic E-state index is 14.0. The number of ether oxygens (including phenoxy) is 1. The highest BCUT2D eigenvalue weighted by atomic mass is 19.1. The van der Waals surface area contributed by atoms with E-state index in [1.54, 1.807) is 19.2 Å². The molecule has 1 N–H and O–H groups in total. The first-order valence-corrected chi connectivity index (χ1v) is 6.28. The van der Waals surface area contributed by atoms with Gasteiger partial charge in [-0.05, 0) is 37.6 Å². The smallest absolute Gasteiger partial charge is 0.132 e. The van der Waals surface area contributed by atoms with Crippen LogP contribution in [0.1, 0.15) is 24.1 Å². The number of hydrogen-bond donors (Lipinski definition) is 1. The topological polar surface area (TPSA) is 21.3 Å². The number of rotatable bonds is 4. The Morgan fingerprint density at radius 3 is 2.53 bits per heavy atom. The molecule has 1 atom stereocenters. The first-order valence-electron chi connectivity index (χ1n) is 6.28. The molecule has 2 aromatic carbocycles. The molecule has 0 bridgehead atoms. The minimum Gasteiger partial charge on any atom is -0.496 e. The molecule has 19 heavy (non-hydrogen) atoms. The van der Waals surface area contributed by atoms with E-state index in [4.69, 9.17) is 4.74 Å². The summed E-state index contributed by atoms with van der Waals surface area (Å²) in [5, 5.41) is 3.32. The van der Waals surface area contributed by atoms with Gasteiger partial charge in [0.1, 0.15) is 11.6 Å². The van der Waals surface area contributed by atoms with Crippen LogP contribution in [0.4, 0.5) is 10.1 Å². The summed E-state index contributed by atoms with van der Waals surface area (Å²) in [4.78, 5) is 0. The lowest BCUT2D eigenvalue weighted by atomic mass is 10.1. The molecule has 2 nitrogen and oxygen atoms in total. The zero-order valence-corrected chi connectivity index (χ0v) is 11.4. The summed E-state index contributed by atoms with van der Waals surface area (Å²) in [6.45, 7) is 3.95. The molecule has 2 aromatic rings. The fraction of sp³-hybridized carbons (Fsp3) is 0.250. The standard InChI is InChI=1S/C16H18FNO/c1-11-7-4-5-9-14(11)18-12(2)16-13(17)8-6-10-15(16)19-3/h4-10,12,18H,1-3H3. The molecule has 0 aliphatic rings. The van der Waals surface area contributed by atoms with Crippen molar-refractivity contribution >= 4 is 5.69 Å². The molecule has 0 aliphatic carbocycles. The largest absolute Gasteiger partial charge is 0.496 e. The van der Waals surface area contributed by atoms with E-state index >= 15 is 0 Å². The van der Waals surface area contributed by atoms with Crippen molar-refractivity contribution in [2.24, 2.45) is 0 Å². The molecular formula is C16H18FNO. The number of benzene rings is 2. The van der Waals surface area contributed by atoms with Crippen molar-refractivity contribution in [1.29, 1.82) is 0 Å². The van der Waals surface area contributed by atoms with Gasteiger partial charge in [0.05, 0.1) is 18.7 Å². The maximum Gasteiger partial charge on any atom is 0.132 e. The van der Waals surface area contributed by atoms with Crippen molar-refractivity contribution in [3.63, 3.8) is 0 Å². The van der Waals surface area contributed by atoms with Crippen molar-refractivity contribution in [2.45, 2.75) is 19.9 Å². The summed E-state index contributed by atoms with van der Waals surface area (Å²) in [5.41, 5.74) is 2.68. The van der Waals surface area contributed by atoms with Crippen LogP contribution in [0.3, 0.4) is 0 Å². The predicted molar refractivity (Wildman–Crippen MR) is 76.2 cm³/mol. The number of methoxy groups -OCH3 is 1. The molecule has 0 heterocycles. The first kappa shape index (κ1) is 13.4. The quantitative estimate of drug-likeness (QED) is 0.883. The van der Waals surface area contributed by atoms with E-state index in [2.05, 4.69) is 5.32 Å². The number of nitrogens with one attached hydrogen (secondary N) is 1. The van der Waals surface area contributed by atoms with E-state index in [0.717, 1.165) is 11.3 Å². The van der Waals surface area contributed by atoms with Crippen LogP contribution in [-0.4, -0.2) is 7.11 Å². The van der Waals surface area contributed by atoms with E-state index in [0.29, 0.717) is 11.3 Å². The molecule has 0 spiro atoms. The number of halogens is 1. The molecule has 0 radical (unpaired) electrons. The molecule has 3 heteroatoms. The number of anilines is 1. The second-order valence-electron chi connectivity index (χ2n) is 4.54. The normalized spacial score (nSPS) is 12.0. The molecule has 0 saturated heterocycles. The van der Waals surface area contributed by atoms with Gasteiger partial charge in [0.2, 0.25) is 0 Å². The second kappa shape index (κ2) is 5.74. The average molecular weight is 259 g/mol. The van der Waals surface area contributed by atoms with Crippen LogP contribution in [-0.2, 0) is 0 Å². The summed E-state index contributed by atoms with van der Waals surface area (Å²) in [6.07, 6.45) is 0. The van der Waals surface area contributed by atoms with Gasteiger partial charge >= 0.3 is 0 Å². The van der Waals surface area contributed by atoms with Crippen molar-refractivity contribution in [1.82, 2.24) is 0 Å². The monoisotopic (exact) mass is 259 g/mol. The van der Waals surface area contributed by atoms with Gasteiger partial charge in [-0.3, -0.25) is 0 Å². The number of aryl methyl sites for hydroxylation is 1. The van der Waals surface area contributed by atoms with Crippen LogP contribution in [0.5, 0.6) is 5.75 Å². The van der Waals surface area contributed by atoms with Crippen molar-refractivity contribution < 1.29 is 9.13 Å². The Bertz CT molecular complexity index is 568. The molecule has 0 fully saturated rings. The minimum absolute atomic E-state index is 0.169. The van der Waals surface area contributed by atoms with E-state index < -0.39 is 0 Å². The van der Waals surface area contributed by atoms with Crippen LogP contribution < -0.4 is 10.1 Å². The summed E-state index contributed by atoms with van der Waals surface area (Å²) < 4.78 is 19.2. The minimum atomic E-state index is -0.257. The molecule has 0 saturated carbocycles. The third-order valence-corrected chi connectivity index (χ3v) is 3.18. The summed E-state index contributed by atoms with van der Waals surface area (Å²) >= 11 is 0. The van der Waals surface area contributed by atoms with Crippen molar-refractivity contribution in [3.8, 4) is 5.75 Å². The van der Waals surface area contributed by atoms with Crippen molar-refractivity contribution in [2.75, 3.05) is 12.4 Å². The Labute approximate surface area is 113 Å². The Morgan fingerprint density at radius 1 is 1.11 bits per heavy atom. The molecule has 0 amide bonds. The molecule has 2 rings (SSSR count). The molecule has 0 aromatic heterocycles. The second-order valence-corrected chi connectivity index (χ2v) is 4.54. The van der Waals surface area contributed by atoms with Crippen LogP contribution in [0.25, 0.3) is 0 Å². The fourth-order valence-corrected chi connectivity index (χ4v) is 2.16. The number of hydrogen-bond acceptors (Lipinski definition) is 2. The SMILES string of the molecule is COc1cccc(F)c1C(C)Nc1ccccc1C. The van der Waals surface area contributed by atoms with Gasteiger partial charge < -0.3 is 10.1 Å². The first-order chi connectivity index (χ1) is 9.13. The van der Waals surface area contributed by atoms with E-state index in [1.165, 1.54) is 6.07 Å². The van der Waals surface area contributed by atoms with Crippen LogP contribution in [0, 0.1) is 12.7 Å². The van der Waals surface area contributed by atoms with Crippen molar-refractivity contribution in [3.05, 3.63) is 59.4 Å². The predicted octanol–water partition coefficient (Wildman–Crippen LogP) is 4.32. The van der Waals surface area contributed by atoms with Crippen LogP contribution >= 0.6 is 0 Å². The van der Waals surface area contributed by atoms with E-state index in [1.807, 2.05) is 38.1 Å². The summed E-state index contributed by atoms with van der Waals surface area (Å²) in [7, 11) is 1.55. The van der Waals surface area contributed by atoms with Gasteiger partial charge in [-0.15, -0.1) is 0 Å². The van der Waals surface area contributed by atoms with Gasteiger partial charge in [0, 0.05) is 5.69 Å². The maximum atomic E-state index is 14.0. The lowest BCUT2D eigenvalue weighted by Crippen LogP contribution is -2.11. The Hall–Kier alpha value is -2.03. The van der Waals surface area contributed by atoms with E-state index in [-0.39, 0.29) is 11.9 Å². The van der Waals surface area contributed by atoms with Gasteiger partial charge in [-0.2, -0.15) is 0 Å². The van der Waals surface area contributed by atoms with Crippen LogP contribution in [0.15, 0.2) is 42.5 Å². The van der Waals surface area contributed by atoms with E-state index in [9.17, 15) is 4.39 Å². The Kier molecular flexibility index (Phi) is 4.05. The average Bonchev–Trinajstić information content (AvgIpc) is 2.40. The Morgan fingerprint density at radius 2 is 1.84 bits per heavy atom. The highest BCUT2D eigenvalue weighted by Crippen LogP contribution is 2.30. The van der Waals surface area contributed by atoms with Gasteiger partial charge in [-0.1, -0.05) is 24.3 Å². The highest BCUT2D eigenvalue weighted by Gasteiger charge is 2.16. The molecule has 1 unspecified atom stereocenters. The van der Waals surface area contributed by atoms with Gasteiger partial charge in [0.25, 0.3) is 0 Å². The molecular weight excluding hydrogens is 241 g/mol. The summed E-state index contributed by atoms with van der Waals surface area (Å²) in [5.74, 6) is 0.307. The third kappa shape index (κ3) is 2.87. The number of para-hydroxylation sites is 1. The zero-order valence-electron chi connectivity index (χ0n) is 11.4. The third-order valence-electron chi connectivity index (χ3n) is 3.18. The lowest BCUT2D eigenvalue weighted by molar-refractivity contribution is 0.402. The summed E-state index contributed by atoms with van der Waals surface area (Å²) in [6, 6.07) is 12.7. The fourth-order valence-electron chi connectivity index (χ4n) is 2.16. The van der Waals surface area contributed by atoms with Crippen LogP contribution in [0.2, 0.25) is 0 Å². The Balaban J connectivity index is 2.30. The molecule has 0 aliphatic heterocycles. The van der Waals surface area contributed by atoms with Gasteiger partial charge in [0.15, 0.2) is 0 Å². The zero-order chi connectivity index (χ0) is 13.8.